The van der Waals surface area contributed by atoms with E-state index < -0.39 is 11.6 Å². The molecule has 2 unspecified atom stereocenters. The van der Waals surface area contributed by atoms with Gasteiger partial charge in [0.25, 0.3) is 0 Å². The number of rotatable bonds is 6. The Bertz CT molecular complexity index is 456. The second kappa shape index (κ2) is 6.83. The highest BCUT2D eigenvalue weighted by atomic mass is 19.1. The third-order valence-electron chi connectivity index (χ3n) is 3.54. The van der Waals surface area contributed by atoms with Gasteiger partial charge < -0.3 is 15.4 Å². The molecule has 0 aliphatic carbocycles. The number of aromatic nitrogens is 1. The molecule has 0 spiro atoms. The van der Waals surface area contributed by atoms with Crippen LogP contribution >= 0.6 is 0 Å². The molecule has 0 bridgehead atoms. The van der Waals surface area contributed by atoms with Crippen molar-refractivity contribution >= 4 is 11.6 Å². The fraction of sp³-hybridized carbons (Fsp3) is 0.643. The van der Waals surface area contributed by atoms with Gasteiger partial charge in [0.1, 0.15) is 0 Å². The maximum Gasteiger partial charge on any atom is 0.168 e. The van der Waals surface area contributed by atoms with E-state index in [1.54, 1.807) is 0 Å². The van der Waals surface area contributed by atoms with Gasteiger partial charge >= 0.3 is 0 Å². The zero-order valence-corrected chi connectivity index (χ0v) is 11.9. The summed E-state index contributed by atoms with van der Waals surface area (Å²) in [4.78, 5) is 3.98. The van der Waals surface area contributed by atoms with E-state index in [0.29, 0.717) is 19.0 Å². The third kappa shape index (κ3) is 3.56. The summed E-state index contributed by atoms with van der Waals surface area (Å²) < 4.78 is 32.7. The van der Waals surface area contributed by atoms with Crippen LogP contribution in [-0.4, -0.2) is 30.8 Å². The number of halogens is 2. The Labute approximate surface area is 117 Å². The number of anilines is 2. The minimum absolute atomic E-state index is 0.0871. The van der Waals surface area contributed by atoms with Crippen molar-refractivity contribution in [2.45, 2.75) is 32.8 Å². The second-order valence-electron chi connectivity index (χ2n) is 5.08. The minimum Gasteiger partial charge on any atom is -0.378 e. The molecule has 1 aromatic heterocycles. The summed E-state index contributed by atoms with van der Waals surface area (Å²) in [5, 5.41) is 5.81. The van der Waals surface area contributed by atoms with E-state index in [9.17, 15) is 8.78 Å². The molecule has 1 aliphatic rings. The van der Waals surface area contributed by atoms with Gasteiger partial charge in [-0.3, -0.25) is 0 Å². The molecular weight excluding hydrogens is 264 g/mol. The van der Waals surface area contributed by atoms with Crippen LogP contribution in [0.4, 0.5) is 20.4 Å². The Balaban J connectivity index is 2.02. The highest BCUT2D eigenvalue weighted by molar-refractivity contribution is 5.47. The van der Waals surface area contributed by atoms with Crippen molar-refractivity contribution in [3.8, 4) is 0 Å². The number of hydrogen-bond acceptors (Lipinski definition) is 4. The van der Waals surface area contributed by atoms with Gasteiger partial charge in [-0.25, -0.2) is 13.8 Å². The van der Waals surface area contributed by atoms with Crippen LogP contribution in [0.2, 0.25) is 0 Å². The van der Waals surface area contributed by atoms with E-state index in [2.05, 4.69) is 15.6 Å². The van der Waals surface area contributed by atoms with Gasteiger partial charge in [0.05, 0.1) is 6.10 Å². The molecule has 20 heavy (non-hydrogen) atoms. The number of hydrogen-bond donors (Lipinski definition) is 2. The van der Waals surface area contributed by atoms with Crippen LogP contribution in [0.1, 0.15) is 26.7 Å². The zero-order valence-electron chi connectivity index (χ0n) is 11.9. The van der Waals surface area contributed by atoms with Crippen LogP contribution in [0.15, 0.2) is 6.07 Å². The molecule has 0 saturated carbocycles. The summed E-state index contributed by atoms with van der Waals surface area (Å²) in [7, 11) is 0. The Hall–Kier alpha value is -1.43. The predicted octanol–water partition coefficient (Wildman–Crippen LogP) is 3.02. The van der Waals surface area contributed by atoms with E-state index in [4.69, 9.17) is 4.74 Å². The summed E-state index contributed by atoms with van der Waals surface area (Å²) in [5.41, 5.74) is 0. The van der Waals surface area contributed by atoms with Crippen molar-refractivity contribution in [1.29, 1.82) is 0 Å². The summed E-state index contributed by atoms with van der Waals surface area (Å²) in [6.07, 6.45) is 1.94. The molecule has 0 radical (unpaired) electrons. The van der Waals surface area contributed by atoms with Gasteiger partial charge in [-0.1, -0.05) is 6.92 Å². The van der Waals surface area contributed by atoms with E-state index in [1.807, 2.05) is 13.8 Å². The maximum absolute atomic E-state index is 13.7. The Kier molecular flexibility index (Phi) is 5.11. The first-order valence-electron chi connectivity index (χ1n) is 7.07. The van der Waals surface area contributed by atoms with Crippen LogP contribution in [-0.2, 0) is 4.74 Å². The van der Waals surface area contributed by atoms with Crippen LogP contribution in [0.3, 0.4) is 0 Å². The summed E-state index contributed by atoms with van der Waals surface area (Å²) in [6.45, 7) is 5.87. The zero-order chi connectivity index (χ0) is 14.5. The van der Waals surface area contributed by atoms with E-state index >= 15 is 0 Å². The van der Waals surface area contributed by atoms with Crippen molar-refractivity contribution in [2.75, 3.05) is 30.3 Å². The summed E-state index contributed by atoms with van der Waals surface area (Å²) >= 11 is 0. The summed E-state index contributed by atoms with van der Waals surface area (Å²) in [5.74, 6) is -0.834. The molecule has 4 nitrogen and oxygen atoms in total. The molecule has 1 aromatic rings. The van der Waals surface area contributed by atoms with Crippen LogP contribution < -0.4 is 10.6 Å². The van der Waals surface area contributed by atoms with Crippen LogP contribution in [0.25, 0.3) is 0 Å². The highest BCUT2D eigenvalue weighted by Crippen LogP contribution is 2.23. The number of nitrogens with zero attached hydrogens (tertiary/aromatic N) is 1. The Morgan fingerprint density at radius 3 is 2.60 bits per heavy atom. The SMILES string of the molecule is CCCNc1nc(NCC2CCOC2C)c(F)cc1F. The lowest BCUT2D eigenvalue weighted by Crippen LogP contribution is -2.22. The third-order valence-corrected chi connectivity index (χ3v) is 3.54. The first kappa shape index (κ1) is 15.0. The highest BCUT2D eigenvalue weighted by Gasteiger charge is 2.24. The average molecular weight is 285 g/mol. The van der Waals surface area contributed by atoms with Gasteiger partial charge in [-0.2, -0.15) is 0 Å². The quantitative estimate of drug-likeness (QED) is 0.843. The number of pyridine rings is 1. The van der Waals surface area contributed by atoms with E-state index in [1.165, 1.54) is 0 Å². The van der Waals surface area contributed by atoms with Crippen molar-refractivity contribution in [3.05, 3.63) is 17.7 Å². The van der Waals surface area contributed by atoms with Crippen molar-refractivity contribution in [3.63, 3.8) is 0 Å². The van der Waals surface area contributed by atoms with E-state index in [-0.39, 0.29) is 17.7 Å². The van der Waals surface area contributed by atoms with E-state index in [0.717, 1.165) is 25.5 Å². The van der Waals surface area contributed by atoms with Gasteiger partial charge in [-0.05, 0) is 19.8 Å². The lowest BCUT2D eigenvalue weighted by molar-refractivity contribution is 0.108. The Morgan fingerprint density at radius 2 is 2.00 bits per heavy atom. The minimum atomic E-state index is -0.670. The molecule has 6 heteroatoms. The molecule has 1 aliphatic heterocycles. The van der Waals surface area contributed by atoms with Crippen molar-refractivity contribution in [2.24, 2.45) is 5.92 Å². The maximum atomic E-state index is 13.7. The lowest BCUT2D eigenvalue weighted by atomic mass is 10.0. The molecule has 112 valence electrons. The fourth-order valence-electron chi connectivity index (χ4n) is 2.23. The molecule has 1 fully saturated rings. The van der Waals surface area contributed by atoms with Crippen molar-refractivity contribution in [1.82, 2.24) is 4.98 Å². The molecule has 2 heterocycles. The van der Waals surface area contributed by atoms with Crippen molar-refractivity contribution < 1.29 is 13.5 Å². The Morgan fingerprint density at radius 1 is 1.30 bits per heavy atom. The molecule has 1 saturated heterocycles. The topological polar surface area (TPSA) is 46.2 Å². The standard InChI is InChI=1S/C14H21F2N3O/c1-3-5-17-13-11(15)7-12(16)14(19-13)18-8-10-4-6-20-9(10)2/h7,9-10H,3-6,8H2,1-2H3,(H2,17,18,19). The van der Waals surface area contributed by atoms with Gasteiger partial charge in [0.2, 0.25) is 0 Å². The lowest BCUT2D eigenvalue weighted by Gasteiger charge is -2.16. The molecular formula is C14H21F2N3O. The summed E-state index contributed by atoms with van der Waals surface area (Å²) in [6, 6.07) is 0.863. The molecule has 0 aromatic carbocycles. The van der Waals surface area contributed by atoms with Gasteiger partial charge in [0.15, 0.2) is 23.3 Å². The normalized spacial score (nSPS) is 22.0. The molecule has 2 rings (SSSR count). The van der Waals surface area contributed by atoms with Crippen LogP contribution in [0.5, 0.6) is 0 Å². The average Bonchev–Trinajstić information content (AvgIpc) is 2.82. The fourth-order valence-corrected chi connectivity index (χ4v) is 2.23. The van der Waals surface area contributed by atoms with Crippen LogP contribution in [0, 0.1) is 17.6 Å². The number of nitrogens with one attached hydrogen (secondary N) is 2. The molecule has 2 N–H and O–H groups in total. The predicted molar refractivity (Wildman–Crippen MR) is 74.9 cm³/mol. The smallest absolute Gasteiger partial charge is 0.168 e. The van der Waals surface area contributed by atoms with Gasteiger partial charge in [0, 0.05) is 31.7 Å². The molecule has 2 atom stereocenters. The second-order valence-corrected chi connectivity index (χ2v) is 5.08. The van der Waals surface area contributed by atoms with Gasteiger partial charge in [-0.15, -0.1) is 0 Å². The largest absolute Gasteiger partial charge is 0.378 e. The first-order valence-corrected chi connectivity index (χ1v) is 7.07. The first-order chi connectivity index (χ1) is 9.61. The number of ether oxygens (including phenoxy) is 1. The monoisotopic (exact) mass is 285 g/mol. The molecule has 0 amide bonds.